The van der Waals surface area contributed by atoms with E-state index in [9.17, 15) is 21.2 Å². The van der Waals surface area contributed by atoms with Gasteiger partial charge < -0.3 is 10.1 Å². The van der Waals surface area contributed by atoms with Gasteiger partial charge in [0.2, 0.25) is 0 Å². The molecule has 0 aliphatic carbocycles. The smallest absolute Gasteiger partial charge is 0.183 e. The maximum atomic E-state index is 13.5. The zero-order chi connectivity index (χ0) is 23.6. The Balaban J connectivity index is 1.56. The van der Waals surface area contributed by atoms with Gasteiger partial charge in [0.25, 0.3) is 0 Å². The SMILES string of the molecule is COc1ccc(S(=O)(=O)[C@H]2CS(=O)(=O)C[C@@H]2NCC(c2ccc(F)cc2)N2CCCC2)cc1. The van der Waals surface area contributed by atoms with Crippen LogP contribution < -0.4 is 10.1 Å². The number of rotatable bonds is 8. The third-order valence-corrected chi connectivity index (χ3v) is 10.7. The molecule has 2 aromatic rings. The standard InChI is InChI=1S/C23H29FN2O5S2/c1-31-19-8-10-20(11-9-19)33(29,30)23-16-32(27,28)15-21(23)25-14-22(26-12-2-3-13-26)17-4-6-18(24)7-5-17/h4-11,21-23,25H,2-3,12-16H2,1H3/t21-,22?,23-/m0/s1. The van der Waals surface area contributed by atoms with E-state index in [1.54, 1.807) is 24.3 Å². The van der Waals surface area contributed by atoms with Crippen LogP contribution in [0.5, 0.6) is 5.75 Å². The quantitative estimate of drug-likeness (QED) is 0.599. The van der Waals surface area contributed by atoms with Crippen LogP contribution in [0.25, 0.3) is 0 Å². The summed E-state index contributed by atoms with van der Waals surface area (Å²) < 4.78 is 70.2. The van der Waals surface area contributed by atoms with Gasteiger partial charge in [-0.15, -0.1) is 0 Å². The number of halogens is 1. The Labute approximate surface area is 194 Å². The molecule has 0 spiro atoms. The van der Waals surface area contributed by atoms with Crippen molar-refractivity contribution in [2.45, 2.75) is 35.1 Å². The molecule has 2 saturated heterocycles. The van der Waals surface area contributed by atoms with Gasteiger partial charge >= 0.3 is 0 Å². The van der Waals surface area contributed by atoms with Gasteiger partial charge in [0.15, 0.2) is 19.7 Å². The molecule has 1 N–H and O–H groups in total. The predicted octanol–water partition coefficient (Wildman–Crippen LogP) is 2.20. The fourth-order valence-corrected chi connectivity index (χ4v) is 9.43. The number of hydrogen-bond donors (Lipinski definition) is 1. The van der Waals surface area contributed by atoms with Crippen LogP contribution in [0.15, 0.2) is 53.4 Å². The zero-order valence-electron chi connectivity index (χ0n) is 18.5. The molecule has 2 aliphatic heterocycles. The van der Waals surface area contributed by atoms with Gasteiger partial charge in [-0.1, -0.05) is 12.1 Å². The van der Waals surface area contributed by atoms with Crippen LogP contribution in [-0.2, 0) is 19.7 Å². The van der Waals surface area contributed by atoms with E-state index in [0.29, 0.717) is 12.3 Å². The molecule has 2 fully saturated rings. The molecule has 2 aromatic carbocycles. The normalized spacial score (nSPS) is 24.1. The van der Waals surface area contributed by atoms with Crippen molar-refractivity contribution in [3.63, 3.8) is 0 Å². The molecule has 2 aliphatic rings. The highest BCUT2D eigenvalue weighted by atomic mass is 32.2. The third kappa shape index (κ3) is 5.40. The van der Waals surface area contributed by atoms with E-state index in [1.807, 2.05) is 0 Å². The lowest BCUT2D eigenvalue weighted by atomic mass is 10.0. The van der Waals surface area contributed by atoms with Crippen molar-refractivity contribution < 1.29 is 26.0 Å². The summed E-state index contributed by atoms with van der Waals surface area (Å²) in [5.41, 5.74) is 0.918. The van der Waals surface area contributed by atoms with E-state index in [-0.39, 0.29) is 22.5 Å². The first-order valence-corrected chi connectivity index (χ1v) is 14.4. The van der Waals surface area contributed by atoms with Gasteiger partial charge in [0, 0.05) is 18.6 Å². The average molecular weight is 497 g/mol. The summed E-state index contributed by atoms with van der Waals surface area (Å²) in [6, 6.07) is 11.5. The maximum absolute atomic E-state index is 13.5. The summed E-state index contributed by atoms with van der Waals surface area (Å²) in [6.45, 7) is 2.15. The Morgan fingerprint density at radius 2 is 1.70 bits per heavy atom. The van der Waals surface area contributed by atoms with E-state index in [0.717, 1.165) is 31.5 Å². The van der Waals surface area contributed by atoms with E-state index < -0.39 is 36.7 Å². The lowest BCUT2D eigenvalue weighted by molar-refractivity contribution is 0.234. The van der Waals surface area contributed by atoms with Gasteiger partial charge in [-0.25, -0.2) is 21.2 Å². The number of nitrogens with one attached hydrogen (secondary N) is 1. The summed E-state index contributed by atoms with van der Waals surface area (Å²) in [5.74, 6) is -0.442. The van der Waals surface area contributed by atoms with Gasteiger partial charge in [0.1, 0.15) is 11.6 Å². The second-order valence-electron chi connectivity index (χ2n) is 8.66. The van der Waals surface area contributed by atoms with Gasteiger partial charge in [-0.3, -0.25) is 4.90 Å². The molecule has 2 heterocycles. The Kier molecular flexibility index (Phi) is 7.09. The number of hydrogen-bond acceptors (Lipinski definition) is 7. The second-order valence-corrected chi connectivity index (χ2v) is 13.0. The lowest BCUT2D eigenvalue weighted by Crippen LogP contribution is -2.46. The van der Waals surface area contributed by atoms with Gasteiger partial charge in [0.05, 0.1) is 28.8 Å². The van der Waals surface area contributed by atoms with Crippen molar-refractivity contribution in [3.8, 4) is 5.75 Å². The molecule has 0 saturated carbocycles. The number of sulfone groups is 2. The molecule has 180 valence electrons. The number of ether oxygens (including phenoxy) is 1. The molecule has 0 bridgehead atoms. The molecule has 33 heavy (non-hydrogen) atoms. The van der Waals surface area contributed by atoms with Crippen molar-refractivity contribution in [1.29, 1.82) is 0 Å². The molecule has 4 rings (SSSR count). The topological polar surface area (TPSA) is 92.8 Å². The molecule has 0 radical (unpaired) electrons. The minimum atomic E-state index is -3.88. The first-order valence-electron chi connectivity index (χ1n) is 11.0. The molecular weight excluding hydrogens is 467 g/mol. The van der Waals surface area contributed by atoms with Crippen LogP contribution in [-0.4, -0.2) is 71.3 Å². The van der Waals surface area contributed by atoms with Gasteiger partial charge in [-0.2, -0.15) is 0 Å². The second kappa shape index (κ2) is 9.69. The Bertz CT molecular complexity index is 1160. The molecule has 1 unspecified atom stereocenters. The van der Waals surface area contributed by atoms with Crippen LogP contribution in [0.4, 0.5) is 4.39 Å². The molecule has 0 aromatic heterocycles. The van der Waals surface area contributed by atoms with E-state index in [2.05, 4.69) is 10.2 Å². The van der Waals surface area contributed by atoms with Crippen LogP contribution in [0.3, 0.4) is 0 Å². The summed E-state index contributed by atoms with van der Waals surface area (Å²) in [7, 11) is -5.91. The average Bonchev–Trinajstić information content (AvgIpc) is 3.43. The molecular formula is C23H29FN2O5S2. The fourth-order valence-electron chi connectivity index (χ4n) is 4.71. The monoisotopic (exact) mass is 496 g/mol. The third-order valence-electron chi connectivity index (χ3n) is 6.50. The highest BCUT2D eigenvalue weighted by Crippen LogP contribution is 2.29. The largest absolute Gasteiger partial charge is 0.497 e. The first-order chi connectivity index (χ1) is 15.7. The number of benzene rings is 2. The molecule has 7 nitrogen and oxygen atoms in total. The van der Waals surface area contributed by atoms with Crippen LogP contribution in [0.2, 0.25) is 0 Å². The number of methoxy groups -OCH3 is 1. The summed E-state index contributed by atoms with van der Waals surface area (Å²) in [6.07, 6.45) is 2.12. The van der Waals surface area contributed by atoms with Crippen molar-refractivity contribution in [3.05, 3.63) is 59.9 Å². The van der Waals surface area contributed by atoms with E-state index >= 15 is 0 Å². The first kappa shape index (κ1) is 24.1. The highest BCUT2D eigenvalue weighted by Gasteiger charge is 2.46. The lowest BCUT2D eigenvalue weighted by Gasteiger charge is -2.30. The van der Waals surface area contributed by atoms with Crippen LogP contribution in [0.1, 0.15) is 24.4 Å². The van der Waals surface area contributed by atoms with Crippen molar-refractivity contribution in [2.75, 3.05) is 38.2 Å². The Hall–Kier alpha value is -2.01. The Morgan fingerprint density at radius 1 is 1.06 bits per heavy atom. The summed E-state index contributed by atoms with van der Waals surface area (Å²) in [4.78, 5) is 2.35. The minimum Gasteiger partial charge on any atom is -0.497 e. The van der Waals surface area contributed by atoms with Crippen molar-refractivity contribution in [2.24, 2.45) is 0 Å². The summed E-state index contributed by atoms with van der Waals surface area (Å²) >= 11 is 0. The fraction of sp³-hybridized carbons (Fsp3) is 0.478. The van der Waals surface area contributed by atoms with Crippen LogP contribution in [0, 0.1) is 5.82 Å². The minimum absolute atomic E-state index is 0.0758. The molecule has 3 atom stereocenters. The van der Waals surface area contributed by atoms with E-state index in [1.165, 1.54) is 31.4 Å². The number of likely N-dealkylation sites (tertiary alicyclic amines) is 1. The van der Waals surface area contributed by atoms with E-state index in [4.69, 9.17) is 4.74 Å². The van der Waals surface area contributed by atoms with Gasteiger partial charge in [-0.05, 0) is 67.9 Å². The Morgan fingerprint density at radius 3 is 2.30 bits per heavy atom. The number of nitrogens with zero attached hydrogens (tertiary/aromatic N) is 1. The highest BCUT2D eigenvalue weighted by molar-refractivity contribution is 7.96. The van der Waals surface area contributed by atoms with Crippen LogP contribution >= 0.6 is 0 Å². The molecule has 0 amide bonds. The summed E-state index contributed by atoms with van der Waals surface area (Å²) in [5, 5.41) is 2.18. The van der Waals surface area contributed by atoms with Crippen molar-refractivity contribution in [1.82, 2.24) is 10.2 Å². The predicted molar refractivity (Wildman–Crippen MR) is 124 cm³/mol. The maximum Gasteiger partial charge on any atom is 0.183 e. The zero-order valence-corrected chi connectivity index (χ0v) is 20.1. The molecule has 10 heteroatoms. The van der Waals surface area contributed by atoms with Crippen molar-refractivity contribution >= 4 is 19.7 Å².